The summed E-state index contributed by atoms with van der Waals surface area (Å²) < 4.78 is 7.60. The van der Waals surface area contributed by atoms with Crippen LogP contribution in [0.4, 0.5) is 0 Å². The van der Waals surface area contributed by atoms with E-state index in [2.05, 4.69) is 26.2 Å². The van der Waals surface area contributed by atoms with Gasteiger partial charge in [-0.1, -0.05) is 5.21 Å². The van der Waals surface area contributed by atoms with Gasteiger partial charge in [-0.15, -0.1) is 5.10 Å². The first kappa shape index (κ1) is 13.1. The van der Waals surface area contributed by atoms with Crippen molar-refractivity contribution >= 4 is 21.9 Å². The maximum absolute atomic E-state index is 11.3. The largest absolute Gasteiger partial charge is 0.497 e. The van der Waals surface area contributed by atoms with E-state index in [0.717, 1.165) is 23.0 Å². The summed E-state index contributed by atoms with van der Waals surface area (Å²) in [5, 5.41) is 17.0. The molecule has 0 radical (unpaired) electrons. The van der Waals surface area contributed by atoms with Crippen LogP contribution in [-0.4, -0.2) is 33.2 Å². The number of nitrogens with zero attached hydrogens (tertiary/aromatic N) is 3. The number of rotatable bonds is 4. The first-order valence-corrected chi connectivity index (χ1v) is 6.94. The highest BCUT2D eigenvalue weighted by molar-refractivity contribution is 9.10. The summed E-state index contributed by atoms with van der Waals surface area (Å²) in [7, 11) is 1.58. The van der Waals surface area contributed by atoms with E-state index in [-0.39, 0.29) is 11.6 Å². The summed E-state index contributed by atoms with van der Waals surface area (Å²) in [4.78, 5) is 11.3. The average Bonchev–Trinajstić information content (AvgIpc) is 3.18. The van der Waals surface area contributed by atoms with Crippen LogP contribution in [0.15, 0.2) is 22.7 Å². The number of ether oxygens (including phenoxy) is 1. The molecular weight excluding hydrogens is 326 g/mol. The molecule has 7 heteroatoms. The lowest BCUT2D eigenvalue weighted by Crippen LogP contribution is -2.06. The van der Waals surface area contributed by atoms with Crippen LogP contribution in [0.2, 0.25) is 0 Å². The van der Waals surface area contributed by atoms with Gasteiger partial charge in [-0.2, -0.15) is 0 Å². The molecule has 0 amide bonds. The van der Waals surface area contributed by atoms with Gasteiger partial charge in [-0.05, 0) is 40.9 Å². The highest BCUT2D eigenvalue weighted by Crippen LogP contribution is 2.42. The Balaban J connectivity index is 2.17. The molecule has 1 heterocycles. The van der Waals surface area contributed by atoms with E-state index in [1.54, 1.807) is 17.9 Å². The van der Waals surface area contributed by atoms with E-state index in [0.29, 0.717) is 11.4 Å². The summed E-state index contributed by atoms with van der Waals surface area (Å²) >= 11 is 3.45. The topological polar surface area (TPSA) is 77.2 Å². The zero-order valence-corrected chi connectivity index (χ0v) is 12.3. The number of aromatic nitrogens is 3. The molecule has 104 valence electrons. The van der Waals surface area contributed by atoms with Gasteiger partial charge in [0.25, 0.3) is 0 Å². The maximum Gasteiger partial charge on any atom is 0.358 e. The van der Waals surface area contributed by atoms with Crippen LogP contribution in [0, 0.1) is 0 Å². The lowest BCUT2D eigenvalue weighted by atomic mass is 10.2. The molecule has 0 spiro atoms. The average molecular weight is 338 g/mol. The van der Waals surface area contributed by atoms with Gasteiger partial charge >= 0.3 is 5.97 Å². The lowest BCUT2D eigenvalue weighted by Gasteiger charge is -2.10. The summed E-state index contributed by atoms with van der Waals surface area (Å²) in [6.45, 7) is 0. The number of carboxylic acids is 1. The number of hydrogen-bond acceptors (Lipinski definition) is 4. The molecule has 1 aliphatic rings. The number of methoxy groups -OCH3 is 1. The molecule has 1 saturated carbocycles. The fourth-order valence-corrected chi connectivity index (χ4v) is 2.54. The zero-order valence-electron chi connectivity index (χ0n) is 10.7. The molecular formula is C13H12BrN3O3. The third kappa shape index (κ3) is 2.18. The number of benzene rings is 1. The quantitative estimate of drug-likeness (QED) is 0.927. The van der Waals surface area contributed by atoms with Crippen molar-refractivity contribution in [3.8, 4) is 11.4 Å². The second-order valence-corrected chi connectivity index (χ2v) is 5.49. The molecule has 0 atom stereocenters. The Bertz CT molecular complexity index is 679. The Morgan fingerprint density at radius 1 is 1.50 bits per heavy atom. The van der Waals surface area contributed by atoms with Crippen molar-refractivity contribution < 1.29 is 14.6 Å². The normalized spacial score (nSPS) is 14.3. The third-order valence-electron chi connectivity index (χ3n) is 3.25. The van der Waals surface area contributed by atoms with Crippen LogP contribution in [0.5, 0.6) is 5.75 Å². The smallest absolute Gasteiger partial charge is 0.358 e. The first-order chi connectivity index (χ1) is 9.61. The van der Waals surface area contributed by atoms with E-state index in [9.17, 15) is 9.90 Å². The van der Waals surface area contributed by atoms with Gasteiger partial charge in [0, 0.05) is 16.5 Å². The summed E-state index contributed by atoms with van der Waals surface area (Å²) in [6, 6.07) is 5.46. The van der Waals surface area contributed by atoms with Crippen LogP contribution in [0.3, 0.4) is 0 Å². The Hall–Kier alpha value is -1.89. The second-order valence-electron chi connectivity index (χ2n) is 4.63. The van der Waals surface area contributed by atoms with Crippen LogP contribution in [0.1, 0.15) is 34.9 Å². The fourth-order valence-electron chi connectivity index (χ4n) is 2.12. The SMILES string of the molecule is COc1ccc(Br)c(-n2nnc(C(=O)O)c2C2CC2)c1. The van der Waals surface area contributed by atoms with Crippen molar-refractivity contribution in [2.75, 3.05) is 7.11 Å². The predicted octanol–water partition coefficient (Wildman–Crippen LogP) is 2.61. The van der Waals surface area contributed by atoms with Crippen LogP contribution in [-0.2, 0) is 0 Å². The Morgan fingerprint density at radius 2 is 2.25 bits per heavy atom. The van der Waals surface area contributed by atoms with Crippen molar-refractivity contribution in [1.82, 2.24) is 15.0 Å². The molecule has 3 rings (SSSR count). The molecule has 0 bridgehead atoms. The molecule has 1 aliphatic carbocycles. The minimum atomic E-state index is -1.04. The number of carbonyl (C=O) groups is 1. The van der Waals surface area contributed by atoms with Crippen LogP contribution < -0.4 is 4.74 Å². The maximum atomic E-state index is 11.3. The molecule has 0 unspecified atom stereocenters. The summed E-state index contributed by atoms with van der Waals surface area (Å²) in [6.07, 6.45) is 1.94. The first-order valence-electron chi connectivity index (χ1n) is 6.14. The number of hydrogen-bond donors (Lipinski definition) is 1. The van der Waals surface area contributed by atoms with Crippen molar-refractivity contribution in [2.45, 2.75) is 18.8 Å². The van der Waals surface area contributed by atoms with Crippen molar-refractivity contribution in [1.29, 1.82) is 0 Å². The lowest BCUT2D eigenvalue weighted by molar-refractivity contribution is 0.0689. The Labute approximate surface area is 123 Å². The number of halogens is 1. The predicted molar refractivity (Wildman–Crippen MR) is 74.5 cm³/mol. The third-order valence-corrected chi connectivity index (χ3v) is 3.92. The minimum Gasteiger partial charge on any atom is -0.497 e. The summed E-state index contributed by atoms with van der Waals surface area (Å²) in [5.74, 6) is -0.149. The Morgan fingerprint density at radius 3 is 2.85 bits per heavy atom. The van der Waals surface area contributed by atoms with Crippen molar-refractivity contribution in [2.24, 2.45) is 0 Å². The standard InChI is InChI=1S/C13H12BrN3O3/c1-20-8-4-5-9(14)10(6-8)17-12(7-2-3-7)11(13(18)19)15-16-17/h4-7H,2-3H2,1H3,(H,18,19). The fraction of sp³-hybridized carbons (Fsp3) is 0.308. The van der Waals surface area contributed by atoms with Crippen molar-refractivity contribution in [3.05, 3.63) is 34.1 Å². The van der Waals surface area contributed by atoms with Gasteiger partial charge in [0.15, 0.2) is 5.69 Å². The monoisotopic (exact) mass is 337 g/mol. The highest BCUT2D eigenvalue weighted by Gasteiger charge is 2.34. The zero-order chi connectivity index (χ0) is 14.3. The molecule has 0 saturated heterocycles. The van der Waals surface area contributed by atoms with E-state index in [1.807, 2.05) is 12.1 Å². The molecule has 0 aliphatic heterocycles. The second kappa shape index (κ2) is 4.90. The molecule has 1 aromatic carbocycles. The van der Waals surface area contributed by atoms with Crippen molar-refractivity contribution in [3.63, 3.8) is 0 Å². The molecule has 2 aromatic rings. The highest BCUT2D eigenvalue weighted by atomic mass is 79.9. The number of aromatic carboxylic acids is 1. The summed E-state index contributed by atoms with van der Waals surface area (Å²) in [5.41, 5.74) is 1.42. The molecule has 1 N–H and O–H groups in total. The van der Waals surface area contributed by atoms with Crippen LogP contribution >= 0.6 is 15.9 Å². The number of carboxylic acid groups (broad SMARTS) is 1. The van der Waals surface area contributed by atoms with Gasteiger partial charge in [0.2, 0.25) is 0 Å². The van der Waals surface area contributed by atoms with E-state index in [4.69, 9.17) is 4.74 Å². The van der Waals surface area contributed by atoms with E-state index < -0.39 is 5.97 Å². The molecule has 1 aromatic heterocycles. The minimum absolute atomic E-state index is 0.0298. The van der Waals surface area contributed by atoms with Gasteiger partial charge in [0.1, 0.15) is 5.75 Å². The Kier molecular flexibility index (Phi) is 3.21. The van der Waals surface area contributed by atoms with Gasteiger partial charge < -0.3 is 9.84 Å². The van der Waals surface area contributed by atoms with Crippen LogP contribution in [0.25, 0.3) is 5.69 Å². The van der Waals surface area contributed by atoms with E-state index in [1.165, 1.54) is 0 Å². The molecule has 1 fully saturated rings. The van der Waals surface area contributed by atoms with E-state index >= 15 is 0 Å². The van der Waals surface area contributed by atoms with Gasteiger partial charge in [0.05, 0.1) is 18.5 Å². The molecule has 20 heavy (non-hydrogen) atoms. The van der Waals surface area contributed by atoms with Gasteiger partial charge in [-0.25, -0.2) is 9.48 Å². The molecule has 6 nitrogen and oxygen atoms in total. The van der Waals surface area contributed by atoms with Gasteiger partial charge in [-0.3, -0.25) is 0 Å².